The normalized spacial score (nSPS) is 14.4. The first-order valence-electron chi connectivity index (χ1n) is 11.0. The van der Waals surface area contributed by atoms with Gasteiger partial charge >= 0.3 is 0 Å². The Kier molecular flexibility index (Phi) is 8.76. The van der Waals surface area contributed by atoms with Crippen molar-refractivity contribution in [2.75, 3.05) is 33.9 Å². The predicted molar refractivity (Wildman–Crippen MR) is 122 cm³/mol. The van der Waals surface area contributed by atoms with E-state index in [1.165, 1.54) is 5.56 Å². The van der Waals surface area contributed by atoms with Gasteiger partial charge in [0.1, 0.15) is 5.75 Å². The molecule has 0 aromatic heterocycles. The van der Waals surface area contributed by atoms with E-state index in [0.29, 0.717) is 36.5 Å². The summed E-state index contributed by atoms with van der Waals surface area (Å²) in [5.41, 5.74) is 1.76. The van der Waals surface area contributed by atoms with Crippen molar-refractivity contribution >= 4 is 5.91 Å². The van der Waals surface area contributed by atoms with E-state index in [-0.39, 0.29) is 11.9 Å². The maximum Gasteiger partial charge on any atom is 0.220 e. The van der Waals surface area contributed by atoms with E-state index in [4.69, 9.17) is 19.5 Å². The number of ether oxygens (including phenoxy) is 3. The van der Waals surface area contributed by atoms with E-state index in [1.54, 1.807) is 32.4 Å². The van der Waals surface area contributed by atoms with Crippen molar-refractivity contribution in [3.05, 3.63) is 53.6 Å². The van der Waals surface area contributed by atoms with Crippen molar-refractivity contribution in [3.63, 3.8) is 0 Å². The first kappa shape index (κ1) is 23.4. The van der Waals surface area contributed by atoms with E-state index in [1.807, 2.05) is 12.1 Å². The number of piperidine rings is 1. The van der Waals surface area contributed by atoms with Crippen LogP contribution in [0.3, 0.4) is 0 Å². The summed E-state index contributed by atoms with van der Waals surface area (Å²) in [6.07, 6.45) is 2.94. The van der Waals surface area contributed by atoms with Crippen molar-refractivity contribution in [1.82, 2.24) is 10.2 Å². The van der Waals surface area contributed by atoms with Gasteiger partial charge < -0.3 is 19.5 Å². The number of nitrogens with one attached hydrogen (secondary N) is 1. The zero-order chi connectivity index (χ0) is 22.8. The molecule has 1 N–H and O–H groups in total. The minimum absolute atomic E-state index is 0.0617. The molecular formula is C25H31N3O4. The first-order chi connectivity index (χ1) is 15.6. The van der Waals surface area contributed by atoms with Gasteiger partial charge in [0.15, 0.2) is 11.5 Å². The largest absolute Gasteiger partial charge is 0.497 e. The molecule has 1 fully saturated rings. The fourth-order valence-electron chi connectivity index (χ4n) is 3.84. The van der Waals surface area contributed by atoms with Crippen molar-refractivity contribution < 1.29 is 19.0 Å². The van der Waals surface area contributed by atoms with Gasteiger partial charge in [0.05, 0.1) is 32.5 Å². The van der Waals surface area contributed by atoms with Crippen LogP contribution in [-0.4, -0.2) is 50.8 Å². The number of hydrogen-bond acceptors (Lipinski definition) is 6. The average molecular weight is 438 g/mol. The minimum atomic E-state index is 0.0617. The van der Waals surface area contributed by atoms with E-state index < -0.39 is 0 Å². The standard InChI is InChI=1S/C25H31N3O4/c1-30-22-6-3-5-20(15-22)18-28-12-10-21(11-13-28)27-25(29)7-4-14-32-23-9-8-19(17-26)16-24(23)31-2/h3,5-6,8-9,15-16,21H,4,7,10-14,18H2,1-2H3,(H,27,29). The maximum absolute atomic E-state index is 12.3. The highest BCUT2D eigenvalue weighted by Crippen LogP contribution is 2.28. The second-order valence-electron chi connectivity index (χ2n) is 7.90. The number of carbonyl (C=O) groups excluding carboxylic acids is 1. The molecule has 7 heteroatoms. The zero-order valence-electron chi connectivity index (χ0n) is 18.8. The quantitative estimate of drug-likeness (QED) is 0.573. The van der Waals surface area contributed by atoms with Crippen LogP contribution >= 0.6 is 0 Å². The van der Waals surface area contributed by atoms with E-state index in [2.05, 4.69) is 28.4 Å². The molecular weight excluding hydrogens is 406 g/mol. The van der Waals surface area contributed by atoms with Crippen molar-refractivity contribution in [2.24, 2.45) is 0 Å². The number of hydrogen-bond donors (Lipinski definition) is 1. The zero-order valence-corrected chi connectivity index (χ0v) is 18.8. The van der Waals surface area contributed by atoms with Crippen LogP contribution in [0.4, 0.5) is 0 Å². The third-order valence-electron chi connectivity index (χ3n) is 5.59. The Balaban J connectivity index is 1.33. The van der Waals surface area contributed by atoms with Gasteiger partial charge in [0.25, 0.3) is 0 Å². The van der Waals surface area contributed by atoms with Crippen molar-refractivity contribution in [3.8, 4) is 23.3 Å². The van der Waals surface area contributed by atoms with Gasteiger partial charge in [-0.15, -0.1) is 0 Å². The SMILES string of the molecule is COc1cccc(CN2CCC(NC(=O)CCCOc3ccc(C#N)cc3OC)CC2)c1. The summed E-state index contributed by atoms with van der Waals surface area (Å²) in [6.45, 7) is 3.23. The average Bonchev–Trinajstić information content (AvgIpc) is 2.83. The number of amides is 1. The fourth-order valence-corrected chi connectivity index (χ4v) is 3.84. The Labute approximate surface area is 189 Å². The lowest BCUT2D eigenvalue weighted by molar-refractivity contribution is -0.122. The number of benzene rings is 2. The topological polar surface area (TPSA) is 83.8 Å². The number of carbonyl (C=O) groups is 1. The highest BCUT2D eigenvalue weighted by Gasteiger charge is 2.20. The monoisotopic (exact) mass is 437 g/mol. The Bertz CT molecular complexity index is 933. The lowest BCUT2D eigenvalue weighted by atomic mass is 10.0. The van der Waals surface area contributed by atoms with Crippen LogP contribution in [0.2, 0.25) is 0 Å². The number of nitriles is 1. The van der Waals surface area contributed by atoms with E-state index in [9.17, 15) is 4.79 Å². The molecule has 170 valence electrons. The van der Waals surface area contributed by atoms with Gasteiger partial charge in [-0.2, -0.15) is 5.26 Å². The van der Waals surface area contributed by atoms with E-state index >= 15 is 0 Å². The molecule has 2 aromatic rings. The summed E-state index contributed by atoms with van der Waals surface area (Å²) in [4.78, 5) is 14.7. The van der Waals surface area contributed by atoms with Crippen LogP contribution in [-0.2, 0) is 11.3 Å². The van der Waals surface area contributed by atoms with Gasteiger partial charge in [0.2, 0.25) is 5.91 Å². The molecule has 0 atom stereocenters. The summed E-state index contributed by atoms with van der Waals surface area (Å²) in [6, 6.07) is 15.5. The van der Waals surface area contributed by atoms with Gasteiger partial charge in [-0.05, 0) is 49.1 Å². The summed E-state index contributed by atoms with van der Waals surface area (Å²) >= 11 is 0. The predicted octanol–water partition coefficient (Wildman–Crippen LogP) is 3.52. The Hall–Kier alpha value is -3.24. The molecule has 0 unspecified atom stereocenters. The minimum Gasteiger partial charge on any atom is -0.497 e. The number of rotatable bonds is 10. The summed E-state index contributed by atoms with van der Waals surface area (Å²) in [7, 11) is 3.22. The maximum atomic E-state index is 12.3. The summed E-state index contributed by atoms with van der Waals surface area (Å²) < 4.78 is 16.3. The molecule has 1 amide bonds. The second kappa shape index (κ2) is 12.0. The highest BCUT2D eigenvalue weighted by atomic mass is 16.5. The lowest BCUT2D eigenvalue weighted by Crippen LogP contribution is -2.44. The van der Waals surface area contributed by atoms with Crippen LogP contribution in [0.1, 0.15) is 36.8 Å². The van der Waals surface area contributed by atoms with Crippen LogP contribution < -0.4 is 19.5 Å². The molecule has 0 aliphatic carbocycles. The Morgan fingerprint density at radius 1 is 1.12 bits per heavy atom. The number of methoxy groups -OCH3 is 2. The molecule has 7 nitrogen and oxygen atoms in total. The molecule has 0 saturated carbocycles. The summed E-state index contributed by atoms with van der Waals surface area (Å²) in [5.74, 6) is 2.04. The van der Waals surface area contributed by atoms with Crippen LogP contribution in [0.25, 0.3) is 0 Å². The molecule has 3 rings (SSSR count). The molecule has 0 bridgehead atoms. The first-order valence-corrected chi connectivity index (χ1v) is 11.0. The Morgan fingerprint density at radius 2 is 1.94 bits per heavy atom. The second-order valence-corrected chi connectivity index (χ2v) is 7.90. The molecule has 2 aromatic carbocycles. The van der Waals surface area contributed by atoms with E-state index in [0.717, 1.165) is 38.2 Å². The number of likely N-dealkylation sites (tertiary alicyclic amines) is 1. The molecule has 1 aliphatic rings. The highest BCUT2D eigenvalue weighted by molar-refractivity contribution is 5.76. The van der Waals surface area contributed by atoms with Crippen LogP contribution in [0, 0.1) is 11.3 Å². The fraction of sp³-hybridized carbons (Fsp3) is 0.440. The third-order valence-corrected chi connectivity index (χ3v) is 5.59. The molecule has 32 heavy (non-hydrogen) atoms. The lowest BCUT2D eigenvalue weighted by Gasteiger charge is -2.32. The van der Waals surface area contributed by atoms with Gasteiger partial charge in [-0.1, -0.05) is 12.1 Å². The molecule has 0 spiro atoms. The van der Waals surface area contributed by atoms with Gasteiger partial charge in [-0.3, -0.25) is 9.69 Å². The van der Waals surface area contributed by atoms with Gasteiger partial charge in [-0.25, -0.2) is 0 Å². The molecule has 1 aliphatic heterocycles. The summed E-state index contributed by atoms with van der Waals surface area (Å²) in [5, 5.41) is 12.1. The van der Waals surface area contributed by atoms with Crippen molar-refractivity contribution in [1.29, 1.82) is 5.26 Å². The van der Waals surface area contributed by atoms with Crippen LogP contribution in [0.5, 0.6) is 17.2 Å². The molecule has 1 saturated heterocycles. The number of nitrogens with zero attached hydrogens (tertiary/aromatic N) is 2. The molecule has 0 radical (unpaired) electrons. The van der Waals surface area contributed by atoms with Crippen LogP contribution in [0.15, 0.2) is 42.5 Å². The smallest absolute Gasteiger partial charge is 0.220 e. The molecule has 1 heterocycles. The van der Waals surface area contributed by atoms with Gasteiger partial charge in [0, 0.05) is 38.2 Å². The third kappa shape index (κ3) is 6.89. The Morgan fingerprint density at radius 3 is 2.66 bits per heavy atom. The van der Waals surface area contributed by atoms with Crippen molar-refractivity contribution in [2.45, 2.75) is 38.3 Å².